The molecule has 0 heterocycles. The number of phosphoric ester groups is 1. The molecule has 130 valence electrons. The standard InChI is InChI=1S/C18H23O5P.2Na/c1-22-18(13-3-2-4-16(10-13)23-24(19,20)21)17-14-6-11-5-12(8-14)9-15(17)7-11;;/h2-4,10-12,14-15H,5-9H2,1H3,(H2,19,20,21);;/q;2*+1/p-2. The van der Waals surface area contributed by atoms with E-state index in [0.717, 1.165) is 23.2 Å². The predicted molar refractivity (Wildman–Crippen MR) is 85.7 cm³/mol. The van der Waals surface area contributed by atoms with Crippen LogP contribution in [0.4, 0.5) is 0 Å². The van der Waals surface area contributed by atoms with Gasteiger partial charge in [0.05, 0.1) is 7.11 Å². The smallest absolute Gasteiger partial charge is 0.780 e. The first-order chi connectivity index (χ1) is 11.4. The molecular weight excluding hydrogens is 373 g/mol. The Balaban J connectivity index is 0.00000121. The minimum absolute atomic E-state index is 0. The summed E-state index contributed by atoms with van der Waals surface area (Å²) in [4.78, 5) is 21.7. The van der Waals surface area contributed by atoms with Crippen LogP contribution in [0.15, 0.2) is 29.8 Å². The fraction of sp³-hybridized carbons (Fsp3) is 0.556. The molecule has 4 aliphatic rings. The first-order valence-electron chi connectivity index (χ1n) is 8.53. The van der Waals surface area contributed by atoms with Gasteiger partial charge in [-0.15, -0.1) is 0 Å². The third-order valence-electron chi connectivity index (χ3n) is 5.80. The molecule has 1 aromatic rings. The van der Waals surface area contributed by atoms with Crippen LogP contribution in [-0.4, -0.2) is 7.11 Å². The van der Waals surface area contributed by atoms with Gasteiger partial charge in [-0.3, -0.25) is 0 Å². The zero-order valence-electron chi connectivity index (χ0n) is 15.6. The van der Waals surface area contributed by atoms with Crippen LogP contribution in [0.2, 0.25) is 0 Å². The molecule has 4 bridgehead atoms. The van der Waals surface area contributed by atoms with E-state index in [4.69, 9.17) is 4.74 Å². The number of hydrogen-bond acceptors (Lipinski definition) is 5. The Kier molecular flexibility index (Phi) is 7.98. The van der Waals surface area contributed by atoms with E-state index in [1.807, 2.05) is 6.07 Å². The SMILES string of the molecule is COC(=C1C2CC3CC(C2)CC1C3)c1cccc(OP(=O)([O-])[O-])c1.[Na+].[Na+]. The molecule has 26 heavy (non-hydrogen) atoms. The second kappa shape index (κ2) is 9.02. The molecule has 4 saturated carbocycles. The van der Waals surface area contributed by atoms with Gasteiger partial charge in [0.2, 0.25) is 0 Å². The van der Waals surface area contributed by atoms with Crippen molar-refractivity contribution in [3.63, 3.8) is 0 Å². The molecular formula is C18H21Na2O5P. The Morgan fingerprint density at radius 2 is 1.62 bits per heavy atom. The van der Waals surface area contributed by atoms with Crippen molar-refractivity contribution in [2.24, 2.45) is 23.7 Å². The second-order valence-corrected chi connectivity index (χ2v) is 8.44. The maximum Gasteiger partial charge on any atom is 1.00 e. The molecule has 1 aromatic carbocycles. The van der Waals surface area contributed by atoms with Crippen LogP contribution >= 0.6 is 7.82 Å². The van der Waals surface area contributed by atoms with Gasteiger partial charge in [0.15, 0.2) is 0 Å². The molecule has 0 atom stereocenters. The zero-order valence-corrected chi connectivity index (χ0v) is 20.5. The molecule has 0 unspecified atom stereocenters. The Bertz CT molecular complexity index is 700. The molecule has 5 rings (SSSR count). The van der Waals surface area contributed by atoms with Crippen LogP contribution < -0.4 is 73.4 Å². The summed E-state index contributed by atoms with van der Waals surface area (Å²) >= 11 is 0. The van der Waals surface area contributed by atoms with E-state index in [0.29, 0.717) is 11.8 Å². The van der Waals surface area contributed by atoms with Gasteiger partial charge in [-0.2, -0.15) is 0 Å². The quantitative estimate of drug-likeness (QED) is 0.304. The van der Waals surface area contributed by atoms with Gasteiger partial charge in [-0.1, -0.05) is 12.1 Å². The van der Waals surface area contributed by atoms with Crippen molar-refractivity contribution in [3.8, 4) is 5.75 Å². The van der Waals surface area contributed by atoms with Crippen LogP contribution in [0.3, 0.4) is 0 Å². The molecule has 8 heteroatoms. The fourth-order valence-corrected chi connectivity index (χ4v) is 5.66. The number of allylic oxidation sites excluding steroid dienone is 1. The largest absolute Gasteiger partial charge is 1.00 e. The van der Waals surface area contributed by atoms with E-state index in [-0.39, 0.29) is 64.9 Å². The van der Waals surface area contributed by atoms with E-state index >= 15 is 0 Å². The minimum Gasteiger partial charge on any atom is -0.780 e. The summed E-state index contributed by atoms with van der Waals surface area (Å²) in [7, 11) is -3.40. The monoisotopic (exact) mass is 394 g/mol. The molecule has 0 N–H and O–H groups in total. The number of ether oxygens (including phenoxy) is 1. The molecule has 0 amide bonds. The molecule has 0 radical (unpaired) electrons. The number of benzene rings is 1. The summed E-state index contributed by atoms with van der Waals surface area (Å²) in [5.41, 5.74) is 2.17. The van der Waals surface area contributed by atoms with Gasteiger partial charge in [0.25, 0.3) is 0 Å². The van der Waals surface area contributed by atoms with Crippen LogP contribution in [0.5, 0.6) is 5.75 Å². The normalized spacial score (nSPS) is 28.8. The summed E-state index contributed by atoms with van der Waals surface area (Å²) in [6.07, 6.45) is 6.33. The number of rotatable bonds is 4. The van der Waals surface area contributed by atoms with E-state index < -0.39 is 7.82 Å². The molecule has 4 aliphatic carbocycles. The third-order valence-corrected chi connectivity index (χ3v) is 6.23. The topological polar surface area (TPSA) is 81.7 Å². The summed E-state index contributed by atoms with van der Waals surface area (Å²) in [5.74, 6) is 3.74. The van der Waals surface area contributed by atoms with Crippen molar-refractivity contribution in [3.05, 3.63) is 35.4 Å². The van der Waals surface area contributed by atoms with Crippen LogP contribution in [0, 0.1) is 23.7 Å². The van der Waals surface area contributed by atoms with Gasteiger partial charge in [0.1, 0.15) is 19.3 Å². The molecule has 0 saturated heterocycles. The van der Waals surface area contributed by atoms with Gasteiger partial charge >= 0.3 is 59.1 Å². The first-order valence-corrected chi connectivity index (χ1v) is 9.99. The average Bonchev–Trinajstić information content (AvgIpc) is 2.48. The van der Waals surface area contributed by atoms with Crippen molar-refractivity contribution < 1.29 is 82.7 Å². The van der Waals surface area contributed by atoms with E-state index in [2.05, 4.69) is 4.52 Å². The minimum atomic E-state index is -5.06. The van der Waals surface area contributed by atoms with Gasteiger partial charge in [-0.25, -0.2) is 0 Å². The Morgan fingerprint density at radius 1 is 1.04 bits per heavy atom. The van der Waals surface area contributed by atoms with Crippen LogP contribution in [0.1, 0.15) is 37.7 Å². The van der Waals surface area contributed by atoms with Gasteiger partial charge in [-0.05, 0) is 73.5 Å². The maximum atomic E-state index is 10.9. The Hall–Kier alpha value is 0.710. The van der Waals surface area contributed by atoms with Gasteiger partial charge < -0.3 is 23.6 Å². The molecule has 0 aliphatic heterocycles. The van der Waals surface area contributed by atoms with Gasteiger partial charge in [0, 0.05) is 5.56 Å². The summed E-state index contributed by atoms with van der Waals surface area (Å²) < 4.78 is 21.1. The zero-order chi connectivity index (χ0) is 16.9. The van der Waals surface area contributed by atoms with Crippen molar-refractivity contribution >= 4 is 13.6 Å². The van der Waals surface area contributed by atoms with Crippen LogP contribution in [0.25, 0.3) is 5.76 Å². The van der Waals surface area contributed by atoms with Crippen molar-refractivity contribution in [2.45, 2.75) is 32.1 Å². The number of methoxy groups -OCH3 is 1. The van der Waals surface area contributed by atoms with E-state index in [1.165, 1.54) is 43.7 Å². The number of hydrogen-bond donors (Lipinski definition) is 0. The predicted octanol–water partition coefficient (Wildman–Crippen LogP) is -3.28. The van der Waals surface area contributed by atoms with Crippen molar-refractivity contribution in [1.82, 2.24) is 0 Å². The van der Waals surface area contributed by atoms with Crippen molar-refractivity contribution in [2.75, 3.05) is 7.11 Å². The second-order valence-electron chi connectivity index (χ2n) is 7.36. The Labute approximate surface area is 198 Å². The van der Waals surface area contributed by atoms with Crippen molar-refractivity contribution in [1.29, 1.82) is 0 Å². The Morgan fingerprint density at radius 3 is 2.12 bits per heavy atom. The van der Waals surface area contributed by atoms with Crippen LogP contribution in [-0.2, 0) is 9.30 Å². The third kappa shape index (κ3) is 4.82. The molecule has 4 fully saturated rings. The van der Waals surface area contributed by atoms with E-state index in [9.17, 15) is 14.4 Å². The van der Waals surface area contributed by atoms with E-state index in [1.54, 1.807) is 19.2 Å². The average molecular weight is 394 g/mol. The summed E-state index contributed by atoms with van der Waals surface area (Å²) in [6, 6.07) is 6.63. The summed E-state index contributed by atoms with van der Waals surface area (Å²) in [6.45, 7) is 0. The molecule has 5 nitrogen and oxygen atoms in total. The summed E-state index contributed by atoms with van der Waals surface area (Å²) in [5, 5.41) is 0. The first kappa shape index (κ1) is 23.0. The fourth-order valence-electron chi connectivity index (χ4n) is 5.29. The number of phosphoric acid groups is 1. The molecule has 0 spiro atoms. The maximum absolute atomic E-state index is 10.9. The molecule has 0 aromatic heterocycles.